The third-order valence-corrected chi connectivity index (χ3v) is 3.05. The molecule has 2 aromatic heterocycles. The quantitative estimate of drug-likeness (QED) is 0.595. The summed E-state index contributed by atoms with van der Waals surface area (Å²) in [6, 6.07) is 0. The molecular formula is C10H11FN5O4. The van der Waals surface area contributed by atoms with E-state index in [0.29, 0.717) is 0 Å². The zero-order chi connectivity index (χ0) is 14.4. The van der Waals surface area contributed by atoms with Crippen LogP contribution in [0.5, 0.6) is 0 Å². The van der Waals surface area contributed by atoms with Crippen molar-refractivity contribution in [2.24, 2.45) is 0 Å². The van der Waals surface area contributed by atoms with E-state index in [2.05, 4.69) is 26.8 Å². The van der Waals surface area contributed by atoms with E-state index in [9.17, 15) is 14.6 Å². The molecule has 9 nitrogen and oxygen atoms in total. The van der Waals surface area contributed by atoms with Gasteiger partial charge in [0.2, 0.25) is 0 Å². The zero-order valence-corrected chi connectivity index (χ0v) is 10.0. The zero-order valence-electron chi connectivity index (χ0n) is 10.0. The number of nitrogens with zero attached hydrogens (tertiary/aromatic N) is 4. The van der Waals surface area contributed by atoms with Crippen LogP contribution in [-0.4, -0.2) is 48.2 Å². The number of nitrogens with two attached hydrogens (primary N) is 1. The number of nitrogen functional groups attached to an aromatic ring is 1. The summed E-state index contributed by atoms with van der Waals surface area (Å²) < 4.78 is 24.4. The summed E-state index contributed by atoms with van der Waals surface area (Å²) in [4.78, 5) is 10.8. The van der Waals surface area contributed by atoms with Crippen LogP contribution in [0.3, 0.4) is 0 Å². The van der Waals surface area contributed by atoms with Gasteiger partial charge in [-0.1, -0.05) is 0 Å². The summed E-state index contributed by atoms with van der Waals surface area (Å²) >= 11 is 0. The van der Waals surface area contributed by atoms with E-state index in [1.54, 1.807) is 0 Å². The summed E-state index contributed by atoms with van der Waals surface area (Å²) in [7, 11) is 3.13. The molecule has 1 fully saturated rings. The molecule has 0 saturated carbocycles. The molecule has 0 unspecified atom stereocenters. The van der Waals surface area contributed by atoms with Gasteiger partial charge in [0.05, 0.1) is 13.4 Å². The van der Waals surface area contributed by atoms with E-state index < -0.39 is 30.8 Å². The maximum Gasteiger partial charge on any atom is 0.312 e. The predicted molar refractivity (Wildman–Crippen MR) is 62.1 cm³/mol. The number of rotatable bonds is 2. The molecule has 1 saturated heterocycles. The highest BCUT2D eigenvalue weighted by Crippen LogP contribution is 2.32. The van der Waals surface area contributed by atoms with Gasteiger partial charge in [-0.25, -0.2) is 4.98 Å². The SMILES string of the molecule is [CH2]O[C@@H]1O[C@@H](n2cnc3c(N)nc(F)nc32)[C@@H](O)[C@H]1O. The van der Waals surface area contributed by atoms with E-state index in [1.165, 1.54) is 10.9 Å². The van der Waals surface area contributed by atoms with Gasteiger partial charge >= 0.3 is 6.08 Å². The van der Waals surface area contributed by atoms with Crippen LogP contribution < -0.4 is 5.73 Å². The molecule has 0 aromatic carbocycles. The summed E-state index contributed by atoms with van der Waals surface area (Å²) in [6.45, 7) is 0. The molecule has 2 aromatic rings. The number of anilines is 1. The number of hydrogen-bond donors (Lipinski definition) is 3. The summed E-state index contributed by atoms with van der Waals surface area (Å²) in [5, 5.41) is 19.6. The molecule has 3 rings (SSSR count). The third kappa shape index (κ3) is 1.81. The topological polar surface area (TPSA) is 129 Å². The molecular weight excluding hydrogens is 273 g/mol. The van der Waals surface area contributed by atoms with Crippen molar-refractivity contribution in [2.45, 2.75) is 24.7 Å². The fourth-order valence-electron chi connectivity index (χ4n) is 2.09. The monoisotopic (exact) mass is 284 g/mol. The lowest BCUT2D eigenvalue weighted by Crippen LogP contribution is -2.32. The molecule has 4 atom stereocenters. The maximum absolute atomic E-state index is 13.2. The molecule has 3 heterocycles. The van der Waals surface area contributed by atoms with Crippen molar-refractivity contribution in [1.82, 2.24) is 19.5 Å². The number of ether oxygens (including phenoxy) is 2. The van der Waals surface area contributed by atoms with Crippen LogP contribution in [0.1, 0.15) is 6.23 Å². The molecule has 0 amide bonds. The molecule has 4 N–H and O–H groups in total. The molecule has 1 aliphatic rings. The van der Waals surface area contributed by atoms with Gasteiger partial charge in [0.1, 0.15) is 12.2 Å². The Bertz CT molecular complexity index is 650. The Kier molecular flexibility index (Phi) is 3.01. The second-order valence-electron chi connectivity index (χ2n) is 4.24. The normalized spacial score (nSPS) is 30.2. The van der Waals surface area contributed by atoms with Crippen molar-refractivity contribution < 1.29 is 24.1 Å². The van der Waals surface area contributed by atoms with Crippen LogP contribution in [0, 0.1) is 13.2 Å². The first-order valence-corrected chi connectivity index (χ1v) is 5.61. The number of imidazole rings is 1. The molecule has 107 valence electrons. The molecule has 0 spiro atoms. The molecule has 0 bridgehead atoms. The highest BCUT2D eigenvalue weighted by atomic mass is 19.1. The van der Waals surface area contributed by atoms with E-state index in [1.807, 2.05) is 0 Å². The fourth-order valence-corrected chi connectivity index (χ4v) is 2.09. The lowest BCUT2D eigenvalue weighted by Gasteiger charge is -2.15. The minimum atomic E-state index is -1.32. The van der Waals surface area contributed by atoms with Crippen molar-refractivity contribution in [3.8, 4) is 0 Å². The molecule has 20 heavy (non-hydrogen) atoms. The lowest BCUT2D eigenvalue weighted by atomic mass is 10.2. The van der Waals surface area contributed by atoms with E-state index in [-0.39, 0.29) is 17.0 Å². The van der Waals surface area contributed by atoms with Crippen molar-refractivity contribution in [3.63, 3.8) is 0 Å². The molecule has 10 heteroatoms. The average Bonchev–Trinajstić information content (AvgIpc) is 2.93. The first-order valence-electron chi connectivity index (χ1n) is 5.61. The van der Waals surface area contributed by atoms with Crippen LogP contribution in [0.15, 0.2) is 6.33 Å². The first-order chi connectivity index (χ1) is 9.52. The second kappa shape index (κ2) is 4.59. The lowest BCUT2D eigenvalue weighted by molar-refractivity contribution is -0.148. The first kappa shape index (κ1) is 13.1. The van der Waals surface area contributed by atoms with Crippen molar-refractivity contribution in [3.05, 3.63) is 19.5 Å². The number of aromatic nitrogens is 4. The fraction of sp³-hybridized carbons (Fsp3) is 0.400. The summed E-state index contributed by atoms with van der Waals surface area (Å²) in [6.07, 6.45) is -4.58. The standard InChI is InChI=1S/C10H11FN5O4/c1-19-9-5(18)4(17)8(20-9)16-2-13-3-6(12)14-10(11)15-7(3)16/h2,4-5,8-9,17-18H,1H2,(H2,12,14,15)/t4-,5+,8+,9+/m0/s1. The van der Waals surface area contributed by atoms with Crippen molar-refractivity contribution in [1.29, 1.82) is 0 Å². The van der Waals surface area contributed by atoms with Crippen LogP contribution in [0.4, 0.5) is 10.2 Å². The maximum atomic E-state index is 13.2. The minimum absolute atomic E-state index is 0.0379. The third-order valence-electron chi connectivity index (χ3n) is 3.05. The number of aliphatic hydroxyl groups is 2. The Morgan fingerprint density at radius 2 is 2.15 bits per heavy atom. The number of fused-ring (bicyclic) bond motifs is 1. The van der Waals surface area contributed by atoms with Crippen LogP contribution in [0.2, 0.25) is 0 Å². The largest absolute Gasteiger partial charge is 0.385 e. The van der Waals surface area contributed by atoms with Gasteiger partial charge in [0.15, 0.2) is 29.5 Å². The minimum Gasteiger partial charge on any atom is -0.385 e. The predicted octanol–water partition coefficient (Wildman–Crippen LogP) is -1.07. The van der Waals surface area contributed by atoms with Crippen LogP contribution in [-0.2, 0) is 9.47 Å². The number of aliphatic hydroxyl groups excluding tert-OH is 2. The summed E-state index contributed by atoms with van der Waals surface area (Å²) in [5.74, 6) is -0.135. The molecule has 0 aliphatic carbocycles. The van der Waals surface area contributed by atoms with Gasteiger partial charge in [-0.15, -0.1) is 0 Å². The Hall–Kier alpha value is -1.88. The van der Waals surface area contributed by atoms with Gasteiger partial charge in [0, 0.05) is 0 Å². The van der Waals surface area contributed by atoms with E-state index in [0.717, 1.165) is 0 Å². The van der Waals surface area contributed by atoms with Gasteiger partial charge < -0.3 is 25.4 Å². The van der Waals surface area contributed by atoms with Gasteiger partial charge in [0.25, 0.3) is 0 Å². The van der Waals surface area contributed by atoms with Crippen molar-refractivity contribution >= 4 is 17.0 Å². The Morgan fingerprint density at radius 1 is 1.40 bits per heavy atom. The second-order valence-corrected chi connectivity index (χ2v) is 4.24. The Labute approximate surface area is 111 Å². The van der Waals surface area contributed by atoms with E-state index >= 15 is 0 Å². The van der Waals surface area contributed by atoms with Crippen LogP contribution >= 0.6 is 0 Å². The molecule has 1 aliphatic heterocycles. The van der Waals surface area contributed by atoms with Crippen LogP contribution in [0.25, 0.3) is 11.2 Å². The molecule has 1 radical (unpaired) electrons. The van der Waals surface area contributed by atoms with E-state index in [4.69, 9.17) is 10.5 Å². The number of hydrogen-bond acceptors (Lipinski definition) is 8. The average molecular weight is 284 g/mol. The smallest absolute Gasteiger partial charge is 0.312 e. The highest BCUT2D eigenvalue weighted by Gasteiger charge is 2.44. The number of halogens is 1. The Morgan fingerprint density at radius 3 is 2.80 bits per heavy atom. The summed E-state index contributed by atoms with van der Waals surface area (Å²) in [5.41, 5.74) is 5.73. The van der Waals surface area contributed by atoms with Gasteiger partial charge in [-0.3, -0.25) is 4.57 Å². The van der Waals surface area contributed by atoms with Crippen molar-refractivity contribution in [2.75, 3.05) is 5.73 Å². The van der Waals surface area contributed by atoms with Gasteiger partial charge in [-0.05, 0) is 0 Å². The Balaban J connectivity index is 2.07. The highest BCUT2D eigenvalue weighted by molar-refractivity contribution is 5.81. The van der Waals surface area contributed by atoms with Gasteiger partial charge in [-0.2, -0.15) is 14.4 Å².